The standard InChI is InChI=1S/C18H22N4O4/c1-10(23)7-20(4)17(24)14-8-22-9-15(13-6-11(2)26-12(13)3)21(5)18(25)16(22)19-14/h6,8-10,23H,7H2,1-5H3/t10-/m1/s1. The fourth-order valence-electron chi connectivity index (χ4n) is 3.04. The molecule has 0 saturated carbocycles. The maximum Gasteiger partial charge on any atom is 0.294 e. The van der Waals surface area contributed by atoms with Gasteiger partial charge in [-0.05, 0) is 26.8 Å². The molecule has 3 aromatic heterocycles. The van der Waals surface area contributed by atoms with Crippen LogP contribution in [0.5, 0.6) is 0 Å². The van der Waals surface area contributed by atoms with Crippen molar-refractivity contribution in [2.75, 3.05) is 13.6 Å². The second-order valence-electron chi connectivity index (χ2n) is 6.60. The van der Waals surface area contributed by atoms with Gasteiger partial charge in [0, 0.05) is 38.6 Å². The van der Waals surface area contributed by atoms with Gasteiger partial charge < -0.3 is 19.0 Å². The van der Waals surface area contributed by atoms with Crippen molar-refractivity contribution >= 4 is 11.6 Å². The molecule has 0 spiro atoms. The number of aliphatic hydroxyl groups excluding tert-OH is 1. The molecule has 0 saturated heterocycles. The number of amides is 1. The molecule has 26 heavy (non-hydrogen) atoms. The lowest BCUT2D eigenvalue weighted by molar-refractivity contribution is 0.0699. The molecule has 0 radical (unpaired) electrons. The monoisotopic (exact) mass is 358 g/mol. The highest BCUT2D eigenvalue weighted by atomic mass is 16.3. The molecule has 0 aromatic carbocycles. The van der Waals surface area contributed by atoms with E-state index in [0.29, 0.717) is 11.5 Å². The predicted octanol–water partition coefficient (Wildman–Crippen LogP) is 1.36. The molecule has 3 heterocycles. The Morgan fingerprint density at radius 3 is 2.65 bits per heavy atom. The number of aryl methyl sites for hydroxylation is 2. The molecule has 3 aromatic rings. The number of carbonyl (C=O) groups excluding carboxylic acids is 1. The lowest BCUT2D eigenvalue weighted by Gasteiger charge is -2.17. The zero-order valence-electron chi connectivity index (χ0n) is 15.5. The van der Waals surface area contributed by atoms with Gasteiger partial charge in [-0.25, -0.2) is 4.98 Å². The molecule has 0 bridgehead atoms. The molecule has 3 rings (SSSR count). The van der Waals surface area contributed by atoms with E-state index in [0.717, 1.165) is 11.3 Å². The Labute approximate surface area is 150 Å². The number of carbonyl (C=O) groups is 1. The highest BCUT2D eigenvalue weighted by Gasteiger charge is 2.20. The Bertz CT molecular complexity index is 1040. The van der Waals surface area contributed by atoms with E-state index in [1.807, 2.05) is 19.9 Å². The third kappa shape index (κ3) is 3.03. The number of likely N-dealkylation sites (N-methyl/N-ethyl adjacent to an activating group) is 1. The summed E-state index contributed by atoms with van der Waals surface area (Å²) in [6.45, 7) is 5.47. The van der Waals surface area contributed by atoms with E-state index in [1.54, 1.807) is 31.6 Å². The molecule has 8 heteroatoms. The van der Waals surface area contributed by atoms with Crippen LogP contribution in [0.15, 0.2) is 27.7 Å². The molecule has 138 valence electrons. The fourth-order valence-corrected chi connectivity index (χ4v) is 3.04. The number of aliphatic hydroxyl groups is 1. The summed E-state index contributed by atoms with van der Waals surface area (Å²) in [6, 6.07) is 1.87. The smallest absolute Gasteiger partial charge is 0.294 e. The van der Waals surface area contributed by atoms with Gasteiger partial charge in [0.1, 0.15) is 17.2 Å². The van der Waals surface area contributed by atoms with Crippen molar-refractivity contribution < 1.29 is 14.3 Å². The van der Waals surface area contributed by atoms with Gasteiger partial charge in [0.25, 0.3) is 11.5 Å². The quantitative estimate of drug-likeness (QED) is 0.760. The lowest BCUT2D eigenvalue weighted by Crippen LogP contribution is -2.33. The van der Waals surface area contributed by atoms with E-state index in [-0.39, 0.29) is 29.4 Å². The number of fused-ring (bicyclic) bond motifs is 1. The number of hydrogen-bond donors (Lipinski definition) is 1. The molecule has 0 aliphatic carbocycles. The van der Waals surface area contributed by atoms with Crippen LogP contribution in [0.4, 0.5) is 0 Å². The topological polar surface area (TPSA) is 93.0 Å². The van der Waals surface area contributed by atoms with E-state index in [1.165, 1.54) is 15.7 Å². The Balaban J connectivity index is 2.11. The largest absolute Gasteiger partial charge is 0.466 e. The first-order valence-electron chi connectivity index (χ1n) is 8.28. The van der Waals surface area contributed by atoms with Gasteiger partial charge in [-0.2, -0.15) is 0 Å². The number of nitrogens with zero attached hydrogens (tertiary/aromatic N) is 4. The van der Waals surface area contributed by atoms with Crippen molar-refractivity contribution in [2.24, 2.45) is 7.05 Å². The van der Waals surface area contributed by atoms with Crippen molar-refractivity contribution in [2.45, 2.75) is 26.9 Å². The fraction of sp³-hybridized carbons (Fsp3) is 0.389. The van der Waals surface area contributed by atoms with Gasteiger partial charge >= 0.3 is 0 Å². The first-order valence-corrected chi connectivity index (χ1v) is 8.28. The minimum Gasteiger partial charge on any atom is -0.466 e. The van der Waals surface area contributed by atoms with Crippen LogP contribution in [0, 0.1) is 13.8 Å². The van der Waals surface area contributed by atoms with Gasteiger partial charge in [0.2, 0.25) is 5.65 Å². The normalized spacial score (nSPS) is 12.5. The molecule has 0 fully saturated rings. The third-order valence-corrected chi connectivity index (χ3v) is 4.27. The van der Waals surface area contributed by atoms with Gasteiger partial charge in [-0.1, -0.05) is 0 Å². The summed E-state index contributed by atoms with van der Waals surface area (Å²) in [5, 5.41) is 9.45. The van der Waals surface area contributed by atoms with Crippen LogP contribution in [0.3, 0.4) is 0 Å². The molecule has 1 atom stereocenters. The maximum atomic E-state index is 12.7. The van der Waals surface area contributed by atoms with Crippen molar-refractivity contribution in [3.63, 3.8) is 0 Å². The summed E-state index contributed by atoms with van der Waals surface area (Å²) >= 11 is 0. The van der Waals surface area contributed by atoms with Crippen molar-refractivity contribution in [3.05, 3.63) is 46.0 Å². The van der Waals surface area contributed by atoms with Crippen LogP contribution >= 0.6 is 0 Å². The van der Waals surface area contributed by atoms with E-state index in [4.69, 9.17) is 4.42 Å². The summed E-state index contributed by atoms with van der Waals surface area (Å²) < 4.78 is 8.61. The van der Waals surface area contributed by atoms with Crippen LogP contribution in [-0.2, 0) is 7.05 Å². The summed E-state index contributed by atoms with van der Waals surface area (Å²) in [5.41, 5.74) is 1.51. The highest BCUT2D eigenvalue weighted by Crippen LogP contribution is 2.25. The van der Waals surface area contributed by atoms with Crippen LogP contribution in [0.25, 0.3) is 16.9 Å². The van der Waals surface area contributed by atoms with Gasteiger partial charge in [-0.15, -0.1) is 0 Å². The number of furan rings is 1. The van der Waals surface area contributed by atoms with Crippen LogP contribution in [-0.4, -0.2) is 49.6 Å². The average Bonchev–Trinajstić information content (AvgIpc) is 3.12. The molecule has 8 nitrogen and oxygen atoms in total. The zero-order valence-corrected chi connectivity index (χ0v) is 15.5. The third-order valence-electron chi connectivity index (χ3n) is 4.27. The number of hydrogen-bond acceptors (Lipinski definition) is 5. The van der Waals surface area contributed by atoms with Crippen molar-refractivity contribution in [1.82, 2.24) is 18.9 Å². The zero-order chi connectivity index (χ0) is 19.2. The summed E-state index contributed by atoms with van der Waals surface area (Å²) in [6.07, 6.45) is 2.64. The molecule has 0 aliphatic heterocycles. The molecule has 0 aliphatic rings. The average molecular weight is 358 g/mol. The van der Waals surface area contributed by atoms with Crippen molar-refractivity contribution in [3.8, 4) is 11.3 Å². The van der Waals surface area contributed by atoms with Gasteiger partial charge in [0.15, 0.2) is 0 Å². The van der Waals surface area contributed by atoms with Crippen molar-refractivity contribution in [1.29, 1.82) is 0 Å². The van der Waals surface area contributed by atoms with E-state index in [9.17, 15) is 14.7 Å². The Kier molecular flexibility index (Phi) is 4.45. The first-order chi connectivity index (χ1) is 12.2. The minimum absolute atomic E-state index is 0.155. The first kappa shape index (κ1) is 17.9. The summed E-state index contributed by atoms with van der Waals surface area (Å²) in [4.78, 5) is 30.8. The summed E-state index contributed by atoms with van der Waals surface area (Å²) in [7, 11) is 3.25. The second kappa shape index (κ2) is 6.45. The molecular formula is C18H22N4O4. The highest BCUT2D eigenvalue weighted by molar-refractivity contribution is 5.92. The Hall–Kier alpha value is -2.87. The molecule has 1 N–H and O–H groups in total. The number of aromatic nitrogens is 3. The van der Waals surface area contributed by atoms with Crippen LogP contribution in [0.1, 0.15) is 28.9 Å². The maximum absolute atomic E-state index is 12.7. The van der Waals surface area contributed by atoms with Gasteiger partial charge in [-0.3, -0.25) is 14.0 Å². The predicted molar refractivity (Wildman–Crippen MR) is 96.3 cm³/mol. The number of rotatable bonds is 4. The van der Waals surface area contributed by atoms with Gasteiger partial charge in [0.05, 0.1) is 11.8 Å². The van der Waals surface area contributed by atoms with Crippen LogP contribution in [0.2, 0.25) is 0 Å². The molecule has 0 unspecified atom stereocenters. The Morgan fingerprint density at radius 1 is 1.38 bits per heavy atom. The SMILES string of the molecule is Cc1cc(-c2cn3cc(C(=O)N(C)C[C@@H](C)O)nc3c(=O)n2C)c(C)o1. The lowest BCUT2D eigenvalue weighted by atomic mass is 10.2. The minimum atomic E-state index is -0.646. The second-order valence-corrected chi connectivity index (χ2v) is 6.60. The molecule has 1 amide bonds. The Morgan fingerprint density at radius 2 is 2.08 bits per heavy atom. The van der Waals surface area contributed by atoms with Crippen LogP contribution < -0.4 is 5.56 Å². The number of imidazole rings is 1. The van der Waals surface area contributed by atoms with E-state index >= 15 is 0 Å². The molecular weight excluding hydrogens is 336 g/mol. The van der Waals surface area contributed by atoms with E-state index in [2.05, 4.69) is 4.98 Å². The summed E-state index contributed by atoms with van der Waals surface area (Å²) in [5.74, 6) is 1.12. The van der Waals surface area contributed by atoms with E-state index < -0.39 is 6.10 Å².